The van der Waals surface area contributed by atoms with Crippen LogP contribution in [0.4, 0.5) is 30.8 Å². The first kappa shape index (κ1) is 28.2. The minimum atomic E-state index is -1.09. The number of amides is 1. The van der Waals surface area contributed by atoms with E-state index in [2.05, 4.69) is 30.9 Å². The Bertz CT molecular complexity index is 1220. The molecule has 1 atom stereocenters. The zero-order valence-corrected chi connectivity index (χ0v) is 20.4. The fraction of sp³-hybridized carbons (Fsp3) is 0.520. The Labute approximate surface area is 213 Å². The highest BCUT2D eigenvalue weighted by Crippen LogP contribution is 2.37. The molecule has 4 N–H and O–H groups in total. The smallest absolute Gasteiger partial charge is 0.224 e. The maximum absolute atomic E-state index is 14.4. The Balaban J connectivity index is 0.00000380. The third-order valence-corrected chi connectivity index (χ3v) is 6.19. The second-order valence-corrected chi connectivity index (χ2v) is 9.47. The van der Waals surface area contributed by atoms with E-state index in [1.165, 1.54) is 6.20 Å². The lowest BCUT2D eigenvalue weighted by Gasteiger charge is -2.30. The molecule has 1 saturated carbocycles. The van der Waals surface area contributed by atoms with Crippen LogP contribution in [0.1, 0.15) is 59.9 Å². The van der Waals surface area contributed by atoms with Crippen molar-refractivity contribution in [2.75, 3.05) is 17.2 Å². The molecule has 0 saturated heterocycles. The van der Waals surface area contributed by atoms with Gasteiger partial charge in [0, 0.05) is 36.2 Å². The third-order valence-electron chi connectivity index (χ3n) is 6.19. The van der Waals surface area contributed by atoms with Gasteiger partial charge in [0.2, 0.25) is 17.8 Å². The number of benzene rings is 1. The summed E-state index contributed by atoms with van der Waals surface area (Å²) in [4.78, 5) is 25.9. The van der Waals surface area contributed by atoms with Crippen molar-refractivity contribution in [1.29, 1.82) is 0 Å². The molecule has 1 aliphatic carbocycles. The molecule has 37 heavy (non-hydrogen) atoms. The summed E-state index contributed by atoms with van der Waals surface area (Å²) < 4.78 is 44.1. The number of hydrogen-bond donors (Lipinski definition) is 4. The Morgan fingerprint density at radius 1 is 1.11 bits per heavy atom. The van der Waals surface area contributed by atoms with E-state index >= 15 is 0 Å². The summed E-state index contributed by atoms with van der Waals surface area (Å²) in [6.07, 6.45) is 3.88. The van der Waals surface area contributed by atoms with Crippen LogP contribution in [-0.4, -0.2) is 49.2 Å². The molecule has 0 unspecified atom stereocenters. The van der Waals surface area contributed by atoms with Gasteiger partial charge >= 0.3 is 0 Å². The second-order valence-electron chi connectivity index (χ2n) is 9.47. The number of rotatable bonds is 8. The molecule has 2 heterocycles. The molecule has 3 aromatic rings. The van der Waals surface area contributed by atoms with Gasteiger partial charge < -0.3 is 21.1 Å². The van der Waals surface area contributed by atoms with Crippen LogP contribution in [0.15, 0.2) is 18.3 Å². The lowest BCUT2D eigenvalue weighted by molar-refractivity contribution is -0.127. The van der Waals surface area contributed by atoms with Crippen molar-refractivity contribution in [2.45, 2.75) is 72.0 Å². The van der Waals surface area contributed by atoms with Gasteiger partial charge in [-0.25, -0.2) is 23.1 Å². The van der Waals surface area contributed by atoms with Gasteiger partial charge in [0.15, 0.2) is 17.3 Å². The van der Waals surface area contributed by atoms with E-state index in [9.17, 15) is 23.1 Å². The van der Waals surface area contributed by atoms with Crippen LogP contribution in [-0.2, 0) is 4.79 Å². The van der Waals surface area contributed by atoms with Crippen molar-refractivity contribution >= 4 is 34.7 Å². The van der Waals surface area contributed by atoms with Gasteiger partial charge in [0.05, 0.1) is 12.8 Å². The number of nitrogens with one attached hydrogen (secondary N) is 3. The molecular formula is C25H34F3N7O2. The van der Waals surface area contributed by atoms with Crippen LogP contribution in [0.5, 0.6) is 0 Å². The summed E-state index contributed by atoms with van der Waals surface area (Å²) in [6.45, 7) is 5.49. The van der Waals surface area contributed by atoms with Crippen LogP contribution in [0.25, 0.3) is 11.2 Å². The van der Waals surface area contributed by atoms with Crippen molar-refractivity contribution in [3.63, 3.8) is 0 Å². The largest absolute Gasteiger partial charge is 0.394 e. The highest BCUT2D eigenvalue weighted by Gasteiger charge is 2.31. The van der Waals surface area contributed by atoms with Crippen LogP contribution in [0.2, 0.25) is 0 Å². The van der Waals surface area contributed by atoms with Gasteiger partial charge in [-0.1, -0.05) is 7.43 Å². The van der Waals surface area contributed by atoms with Crippen molar-refractivity contribution in [1.82, 2.24) is 24.8 Å². The Hall–Kier alpha value is -3.41. The number of nitrogens with zero attached hydrogens (tertiary/aromatic N) is 4. The Kier molecular flexibility index (Phi) is 8.95. The predicted octanol–water partition coefficient (Wildman–Crippen LogP) is 4.67. The van der Waals surface area contributed by atoms with E-state index in [1.807, 2.05) is 13.8 Å². The quantitative estimate of drug-likeness (QED) is 0.340. The number of anilines is 3. The van der Waals surface area contributed by atoms with Gasteiger partial charge in [-0.05, 0) is 46.5 Å². The number of carbonyl (C=O) groups excluding carboxylic acids is 1. The zero-order valence-electron chi connectivity index (χ0n) is 20.4. The minimum Gasteiger partial charge on any atom is -0.394 e. The summed E-state index contributed by atoms with van der Waals surface area (Å²) >= 11 is 0. The van der Waals surface area contributed by atoms with Crippen LogP contribution in [0, 0.1) is 23.4 Å². The first-order chi connectivity index (χ1) is 17.2. The minimum absolute atomic E-state index is 0. The molecule has 1 aliphatic rings. The number of carbonyl (C=O) groups is 1. The number of imidazole rings is 1. The Morgan fingerprint density at radius 3 is 2.35 bits per heavy atom. The molecule has 9 nitrogen and oxygen atoms in total. The molecule has 1 aromatic carbocycles. The fourth-order valence-electron chi connectivity index (χ4n) is 4.43. The van der Waals surface area contributed by atoms with E-state index in [-0.39, 0.29) is 49.9 Å². The average Bonchev–Trinajstić information content (AvgIpc) is 3.18. The topological polar surface area (TPSA) is 117 Å². The lowest BCUT2D eigenvalue weighted by Crippen LogP contribution is -2.40. The fourth-order valence-corrected chi connectivity index (χ4v) is 4.43. The zero-order chi connectivity index (χ0) is 26.0. The predicted molar refractivity (Wildman–Crippen MR) is 136 cm³/mol. The molecule has 2 aromatic heterocycles. The number of aromatic nitrogens is 4. The molecule has 0 radical (unpaired) electrons. The van der Waals surface area contributed by atoms with E-state index < -0.39 is 23.1 Å². The molecule has 12 heteroatoms. The summed E-state index contributed by atoms with van der Waals surface area (Å²) in [5, 5.41) is 17.8. The Morgan fingerprint density at radius 2 is 1.76 bits per heavy atom. The normalized spacial score (nSPS) is 18.4. The van der Waals surface area contributed by atoms with E-state index in [1.54, 1.807) is 11.5 Å². The standard InChI is InChI=1S/C24H30F3N7O2.CH4/c1-12(2)29-23-28-10-19-21(33-23)34(16-6-4-14(5-7-16)22(36)30-13(3)11-35)24(31-19)32-20-17(26)8-15(25)9-18(20)27;/h8-10,12-14,16,35H,4-7,11H2,1-3H3,(H,30,36)(H,31,32)(H,28,29,33);1H4/t13-,14?,16?;/m1./s1. The molecule has 0 spiro atoms. The second kappa shape index (κ2) is 11.8. The van der Waals surface area contributed by atoms with Crippen molar-refractivity contribution in [2.24, 2.45) is 5.92 Å². The number of aliphatic hydroxyl groups is 1. The van der Waals surface area contributed by atoms with Gasteiger partial charge in [-0.3, -0.25) is 9.36 Å². The molecule has 4 rings (SSSR count). The van der Waals surface area contributed by atoms with Gasteiger partial charge in [-0.2, -0.15) is 4.98 Å². The molecule has 0 bridgehead atoms. The van der Waals surface area contributed by atoms with Gasteiger partial charge in [0.1, 0.15) is 17.0 Å². The SMILES string of the molecule is C.CC(C)Nc1ncc2nc(Nc3c(F)cc(F)cc3F)n(C3CCC(C(=O)N[C@H](C)CO)CC3)c2n1. The summed E-state index contributed by atoms with van der Waals surface area (Å²) in [6, 6.07) is 0.784. The molecular weight excluding hydrogens is 487 g/mol. The molecule has 1 amide bonds. The van der Waals surface area contributed by atoms with Crippen LogP contribution in [0.3, 0.4) is 0 Å². The average molecular weight is 522 g/mol. The first-order valence-electron chi connectivity index (χ1n) is 12.0. The summed E-state index contributed by atoms with van der Waals surface area (Å²) in [5.41, 5.74) is 0.374. The molecule has 0 aliphatic heterocycles. The summed E-state index contributed by atoms with van der Waals surface area (Å²) in [7, 11) is 0. The van der Waals surface area contributed by atoms with Crippen molar-refractivity contribution in [3.8, 4) is 0 Å². The number of halogens is 3. The van der Waals surface area contributed by atoms with Crippen molar-refractivity contribution < 1.29 is 23.1 Å². The number of fused-ring (bicyclic) bond motifs is 1. The number of aliphatic hydroxyl groups excluding tert-OH is 1. The highest BCUT2D eigenvalue weighted by atomic mass is 19.1. The maximum Gasteiger partial charge on any atom is 0.224 e. The third kappa shape index (κ3) is 6.30. The van der Waals surface area contributed by atoms with E-state index in [0.29, 0.717) is 54.9 Å². The van der Waals surface area contributed by atoms with Crippen LogP contribution >= 0.6 is 0 Å². The summed E-state index contributed by atoms with van der Waals surface area (Å²) in [5.74, 6) is -2.98. The lowest BCUT2D eigenvalue weighted by atomic mass is 9.85. The van der Waals surface area contributed by atoms with E-state index in [0.717, 1.165) is 0 Å². The van der Waals surface area contributed by atoms with Gasteiger partial charge in [0.25, 0.3) is 0 Å². The van der Waals surface area contributed by atoms with E-state index in [4.69, 9.17) is 0 Å². The van der Waals surface area contributed by atoms with Crippen LogP contribution < -0.4 is 16.0 Å². The first-order valence-corrected chi connectivity index (χ1v) is 12.0. The number of hydrogen-bond acceptors (Lipinski definition) is 7. The molecule has 1 fully saturated rings. The monoisotopic (exact) mass is 521 g/mol. The molecule has 202 valence electrons. The van der Waals surface area contributed by atoms with Crippen molar-refractivity contribution in [3.05, 3.63) is 35.8 Å². The maximum atomic E-state index is 14.4. The van der Waals surface area contributed by atoms with Gasteiger partial charge in [-0.15, -0.1) is 0 Å². The highest BCUT2D eigenvalue weighted by molar-refractivity contribution is 5.79.